The number of hydrogen-bond acceptors (Lipinski definition) is 4. The monoisotopic (exact) mass is 293 g/mol. The molecule has 1 aromatic heterocycles. The maximum absolute atomic E-state index is 12.9. The highest BCUT2D eigenvalue weighted by atomic mass is 16.2. The molecule has 1 saturated heterocycles. The van der Waals surface area contributed by atoms with E-state index >= 15 is 0 Å². The summed E-state index contributed by atoms with van der Waals surface area (Å²) in [5.74, 6) is -0.304. The molecule has 0 unspecified atom stereocenters. The van der Waals surface area contributed by atoms with Crippen molar-refractivity contribution in [1.82, 2.24) is 19.6 Å². The van der Waals surface area contributed by atoms with Crippen molar-refractivity contribution in [1.29, 1.82) is 0 Å². The Labute approximate surface area is 124 Å². The fourth-order valence-corrected chi connectivity index (χ4v) is 2.75. The van der Waals surface area contributed by atoms with E-state index in [4.69, 9.17) is 5.73 Å². The van der Waals surface area contributed by atoms with E-state index in [0.717, 1.165) is 0 Å². The maximum atomic E-state index is 12.9. The van der Waals surface area contributed by atoms with Gasteiger partial charge in [0.25, 0.3) is 5.91 Å². The lowest BCUT2D eigenvalue weighted by Crippen LogP contribution is -2.63. The smallest absolute Gasteiger partial charge is 0.275 e. The molecule has 0 bridgehead atoms. The highest BCUT2D eigenvalue weighted by molar-refractivity contribution is 6.02. The first-order valence-electron chi connectivity index (χ1n) is 7.12. The second-order valence-electron chi connectivity index (χ2n) is 5.91. The van der Waals surface area contributed by atoms with E-state index in [1.807, 2.05) is 6.92 Å². The molecule has 0 saturated carbocycles. The average molecular weight is 293 g/mol. The Morgan fingerprint density at radius 3 is 2.57 bits per heavy atom. The van der Waals surface area contributed by atoms with Crippen molar-refractivity contribution < 1.29 is 9.59 Å². The number of anilines is 1. The largest absolute Gasteiger partial charge is 0.395 e. The Hall–Kier alpha value is -2.05. The van der Waals surface area contributed by atoms with Crippen molar-refractivity contribution in [3.8, 4) is 0 Å². The molecule has 0 spiro atoms. The summed E-state index contributed by atoms with van der Waals surface area (Å²) in [5.41, 5.74) is 6.53. The summed E-state index contributed by atoms with van der Waals surface area (Å²) < 4.78 is 1.60. The van der Waals surface area contributed by atoms with Crippen LogP contribution in [0.15, 0.2) is 0 Å². The van der Waals surface area contributed by atoms with Crippen LogP contribution in [0.5, 0.6) is 0 Å². The van der Waals surface area contributed by atoms with E-state index in [2.05, 4.69) is 5.10 Å². The van der Waals surface area contributed by atoms with Gasteiger partial charge in [-0.15, -0.1) is 0 Å². The van der Waals surface area contributed by atoms with E-state index < -0.39 is 5.54 Å². The van der Waals surface area contributed by atoms with Crippen LogP contribution in [-0.2, 0) is 11.3 Å². The topological polar surface area (TPSA) is 84.5 Å². The molecule has 1 aromatic rings. The van der Waals surface area contributed by atoms with Crippen molar-refractivity contribution in [3.63, 3.8) is 0 Å². The van der Waals surface area contributed by atoms with Crippen LogP contribution in [-0.4, -0.2) is 57.1 Å². The third-order valence-electron chi connectivity index (χ3n) is 4.12. The first-order chi connectivity index (χ1) is 9.71. The standard InChI is InChI=1S/C14H23N5O2/c1-6-19-11(10(15)9(2)16-19)12(20)18-8-7-17(5)13(21)14(18,3)4/h6-8,15H2,1-5H3. The molecular formula is C14H23N5O2. The van der Waals surface area contributed by atoms with E-state index in [0.29, 0.717) is 36.7 Å². The number of amides is 2. The van der Waals surface area contributed by atoms with Gasteiger partial charge in [-0.3, -0.25) is 14.3 Å². The van der Waals surface area contributed by atoms with Gasteiger partial charge < -0.3 is 15.5 Å². The van der Waals surface area contributed by atoms with Crippen LogP contribution >= 0.6 is 0 Å². The predicted molar refractivity (Wildman–Crippen MR) is 79.8 cm³/mol. The van der Waals surface area contributed by atoms with E-state index in [1.165, 1.54) is 0 Å². The summed E-state index contributed by atoms with van der Waals surface area (Å²) in [7, 11) is 1.75. The lowest BCUT2D eigenvalue weighted by molar-refractivity contribution is -0.144. The Bertz CT molecular complexity index is 590. The molecule has 21 heavy (non-hydrogen) atoms. The predicted octanol–water partition coefficient (Wildman–Crippen LogP) is 0.486. The number of hydrogen-bond donors (Lipinski definition) is 1. The second-order valence-corrected chi connectivity index (χ2v) is 5.91. The van der Waals surface area contributed by atoms with E-state index in [9.17, 15) is 9.59 Å². The zero-order chi connectivity index (χ0) is 15.9. The molecule has 0 radical (unpaired) electrons. The first kappa shape index (κ1) is 15.3. The number of carbonyl (C=O) groups is 2. The normalized spacial score (nSPS) is 18.2. The lowest BCUT2D eigenvalue weighted by Gasteiger charge is -2.44. The molecule has 2 amide bonds. The summed E-state index contributed by atoms with van der Waals surface area (Å²) in [4.78, 5) is 28.5. The van der Waals surface area contributed by atoms with Gasteiger partial charge >= 0.3 is 0 Å². The summed E-state index contributed by atoms with van der Waals surface area (Å²) in [6.45, 7) is 8.77. The van der Waals surface area contributed by atoms with Crippen molar-refractivity contribution >= 4 is 17.5 Å². The molecule has 0 aliphatic carbocycles. The minimum absolute atomic E-state index is 0.0695. The Morgan fingerprint density at radius 1 is 1.38 bits per heavy atom. The minimum atomic E-state index is -0.882. The number of likely N-dealkylation sites (N-methyl/N-ethyl adjacent to an activating group) is 1. The number of aryl methyl sites for hydroxylation is 2. The van der Waals surface area contributed by atoms with Gasteiger partial charge in [0.2, 0.25) is 5.91 Å². The number of nitrogen functional groups attached to an aromatic ring is 1. The van der Waals surface area contributed by atoms with Gasteiger partial charge in [-0.2, -0.15) is 5.10 Å². The van der Waals surface area contributed by atoms with Crippen molar-refractivity contribution in [2.45, 2.75) is 39.8 Å². The van der Waals surface area contributed by atoms with Crippen LogP contribution in [0.1, 0.15) is 37.0 Å². The van der Waals surface area contributed by atoms with Gasteiger partial charge in [-0.25, -0.2) is 0 Å². The number of piperazine rings is 1. The van der Waals surface area contributed by atoms with Gasteiger partial charge in [-0.05, 0) is 27.7 Å². The SMILES string of the molecule is CCn1nc(C)c(N)c1C(=O)N1CCN(C)C(=O)C1(C)C. The average Bonchev–Trinajstić information content (AvgIpc) is 2.71. The van der Waals surface area contributed by atoms with Crippen LogP contribution in [0.3, 0.4) is 0 Å². The van der Waals surface area contributed by atoms with Gasteiger partial charge in [0.1, 0.15) is 11.2 Å². The summed E-state index contributed by atoms with van der Waals surface area (Å²) in [6.07, 6.45) is 0. The second kappa shape index (κ2) is 5.05. The number of aromatic nitrogens is 2. The summed E-state index contributed by atoms with van der Waals surface area (Å²) in [5, 5.41) is 4.28. The number of carbonyl (C=O) groups excluding carboxylic acids is 2. The number of nitrogens with zero attached hydrogens (tertiary/aromatic N) is 4. The molecule has 116 valence electrons. The van der Waals surface area contributed by atoms with Gasteiger partial charge in [0.05, 0.1) is 11.4 Å². The van der Waals surface area contributed by atoms with Crippen LogP contribution in [0.4, 0.5) is 5.69 Å². The number of nitrogens with two attached hydrogens (primary N) is 1. The maximum Gasteiger partial charge on any atom is 0.275 e. The Balaban J connectivity index is 2.43. The summed E-state index contributed by atoms with van der Waals surface area (Å²) >= 11 is 0. The molecule has 7 nitrogen and oxygen atoms in total. The molecule has 2 heterocycles. The molecule has 0 aromatic carbocycles. The summed E-state index contributed by atoms with van der Waals surface area (Å²) in [6, 6.07) is 0. The Kier molecular flexibility index (Phi) is 3.69. The molecule has 1 aliphatic heterocycles. The Morgan fingerprint density at radius 2 is 2.00 bits per heavy atom. The number of rotatable bonds is 2. The highest BCUT2D eigenvalue weighted by Gasteiger charge is 2.44. The molecule has 1 fully saturated rings. The van der Waals surface area contributed by atoms with E-state index in [-0.39, 0.29) is 11.8 Å². The molecule has 2 rings (SSSR count). The lowest BCUT2D eigenvalue weighted by atomic mass is 9.97. The van der Waals surface area contributed by atoms with Gasteiger partial charge in [-0.1, -0.05) is 0 Å². The fraction of sp³-hybridized carbons (Fsp3) is 0.643. The van der Waals surface area contributed by atoms with Crippen LogP contribution in [0.2, 0.25) is 0 Å². The fourth-order valence-electron chi connectivity index (χ4n) is 2.75. The molecular weight excluding hydrogens is 270 g/mol. The third kappa shape index (κ3) is 2.26. The zero-order valence-corrected chi connectivity index (χ0v) is 13.3. The van der Waals surface area contributed by atoms with Crippen LogP contribution < -0.4 is 5.73 Å². The quantitative estimate of drug-likeness (QED) is 0.860. The first-order valence-corrected chi connectivity index (χ1v) is 7.12. The highest BCUT2D eigenvalue weighted by Crippen LogP contribution is 2.26. The molecule has 7 heteroatoms. The molecule has 0 atom stereocenters. The van der Waals surface area contributed by atoms with Crippen molar-refractivity contribution in [3.05, 3.63) is 11.4 Å². The minimum Gasteiger partial charge on any atom is -0.395 e. The van der Waals surface area contributed by atoms with Gasteiger partial charge in [0.15, 0.2) is 0 Å². The van der Waals surface area contributed by atoms with Crippen LogP contribution in [0.25, 0.3) is 0 Å². The van der Waals surface area contributed by atoms with Crippen molar-refractivity contribution in [2.24, 2.45) is 0 Å². The molecule has 2 N–H and O–H groups in total. The van der Waals surface area contributed by atoms with E-state index in [1.54, 1.807) is 42.3 Å². The zero-order valence-electron chi connectivity index (χ0n) is 13.3. The van der Waals surface area contributed by atoms with Gasteiger partial charge in [0, 0.05) is 26.7 Å². The molecule has 1 aliphatic rings. The third-order valence-corrected chi connectivity index (χ3v) is 4.12. The van der Waals surface area contributed by atoms with Crippen LogP contribution in [0, 0.1) is 6.92 Å². The van der Waals surface area contributed by atoms with Crippen molar-refractivity contribution in [2.75, 3.05) is 25.9 Å².